The van der Waals surface area contributed by atoms with Gasteiger partial charge in [0.15, 0.2) is 0 Å². The second-order valence-corrected chi connectivity index (χ2v) is 5.91. The van der Waals surface area contributed by atoms with Crippen molar-refractivity contribution >= 4 is 15.9 Å². The average Bonchev–Trinajstić information content (AvgIpc) is 2.61. The minimum atomic E-state index is -3.54. The molecule has 1 unspecified atom stereocenters. The van der Waals surface area contributed by atoms with Crippen LogP contribution in [0, 0.1) is 5.82 Å². The lowest BCUT2D eigenvalue weighted by atomic mass is 10.2. The third-order valence-corrected chi connectivity index (χ3v) is 5.12. The molecule has 1 saturated heterocycles. The molecule has 1 aromatic carbocycles. The maximum Gasteiger partial charge on any atom is 0.304 e. The molecule has 2 N–H and O–H groups in total. The van der Waals surface area contributed by atoms with Gasteiger partial charge in [0.05, 0.1) is 18.3 Å². The third kappa shape index (κ3) is 2.09. The Hall–Kier alpha value is -1.18. The van der Waals surface area contributed by atoms with Crippen LogP contribution in [0.4, 0.5) is 10.1 Å². The SMILES string of the molecule is CCN1C(CN)CN(c2ccc(F)cc2)S1(=O)=O. The van der Waals surface area contributed by atoms with Crippen molar-refractivity contribution in [1.29, 1.82) is 0 Å². The van der Waals surface area contributed by atoms with Crippen molar-refractivity contribution in [3.05, 3.63) is 30.1 Å². The first kappa shape index (κ1) is 13.3. The van der Waals surface area contributed by atoms with E-state index >= 15 is 0 Å². The van der Waals surface area contributed by atoms with Crippen molar-refractivity contribution in [2.75, 3.05) is 23.9 Å². The quantitative estimate of drug-likeness (QED) is 0.874. The molecular formula is C11H16FN3O2S. The summed E-state index contributed by atoms with van der Waals surface area (Å²) in [6.45, 7) is 2.72. The zero-order valence-electron chi connectivity index (χ0n) is 10.1. The van der Waals surface area contributed by atoms with Crippen molar-refractivity contribution in [1.82, 2.24) is 4.31 Å². The van der Waals surface area contributed by atoms with Gasteiger partial charge in [0.25, 0.3) is 0 Å². The van der Waals surface area contributed by atoms with Crippen LogP contribution in [-0.2, 0) is 10.2 Å². The molecule has 1 fully saturated rings. The zero-order valence-corrected chi connectivity index (χ0v) is 10.9. The van der Waals surface area contributed by atoms with Gasteiger partial charge in [0.1, 0.15) is 5.82 Å². The summed E-state index contributed by atoms with van der Waals surface area (Å²) in [6.07, 6.45) is 0. The Balaban J connectivity index is 2.38. The van der Waals surface area contributed by atoms with Crippen LogP contribution in [0.5, 0.6) is 0 Å². The van der Waals surface area contributed by atoms with Crippen LogP contribution >= 0.6 is 0 Å². The second kappa shape index (κ2) is 4.83. The van der Waals surface area contributed by atoms with Crippen molar-refractivity contribution in [3.8, 4) is 0 Å². The van der Waals surface area contributed by atoms with E-state index in [1.807, 2.05) is 0 Å². The molecule has 5 nitrogen and oxygen atoms in total. The summed E-state index contributed by atoms with van der Waals surface area (Å²) in [5.41, 5.74) is 6.06. The number of nitrogens with two attached hydrogens (primary N) is 1. The number of rotatable bonds is 3. The summed E-state index contributed by atoms with van der Waals surface area (Å²) < 4.78 is 40.1. The van der Waals surface area contributed by atoms with Crippen molar-refractivity contribution in [2.45, 2.75) is 13.0 Å². The van der Waals surface area contributed by atoms with Crippen molar-refractivity contribution in [2.24, 2.45) is 5.73 Å². The Morgan fingerprint density at radius 2 is 2.00 bits per heavy atom. The Morgan fingerprint density at radius 1 is 1.39 bits per heavy atom. The second-order valence-electron chi connectivity index (χ2n) is 4.11. The number of anilines is 1. The van der Waals surface area contributed by atoms with Gasteiger partial charge < -0.3 is 5.73 Å². The van der Waals surface area contributed by atoms with E-state index in [1.54, 1.807) is 6.92 Å². The number of hydrogen-bond acceptors (Lipinski definition) is 3. The molecule has 0 aliphatic carbocycles. The molecule has 1 heterocycles. The summed E-state index contributed by atoms with van der Waals surface area (Å²) in [5, 5.41) is 0. The highest BCUT2D eigenvalue weighted by atomic mass is 32.2. The van der Waals surface area contributed by atoms with E-state index in [4.69, 9.17) is 5.73 Å². The van der Waals surface area contributed by atoms with Gasteiger partial charge in [-0.1, -0.05) is 6.92 Å². The third-order valence-electron chi connectivity index (χ3n) is 3.06. The number of likely N-dealkylation sites (N-methyl/N-ethyl adjacent to an activating group) is 1. The maximum atomic E-state index is 12.9. The topological polar surface area (TPSA) is 66.6 Å². The van der Waals surface area contributed by atoms with Gasteiger partial charge in [-0.15, -0.1) is 0 Å². The summed E-state index contributed by atoms with van der Waals surface area (Å²) in [5.74, 6) is -0.391. The highest BCUT2D eigenvalue weighted by Gasteiger charge is 2.42. The molecule has 0 spiro atoms. The Bertz CT molecular complexity index is 518. The fourth-order valence-corrected chi connectivity index (χ4v) is 4.01. The molecule has 100 valence electrons. The van der Waals surface area contributed by atoms with E-state index in [1.165, 1.54) is 32.9 Å². The summed E-state index contributed by atoms with van der Waals surface area (Å²) >= 11 is 0. The van der Waals surface area contributed by atoms with Gasteiger partial charge in [0, 0.05) is 13.1 Å². The predicted molar refractivity (Wildman–Crippen MR) is 67.9 cm³/mol. The molecule has 1 aromatic rings. The van der Waals surface area contributed by atoms with Gasteiger partial charge in [0.2, 0.25) is 0 Å². The molecule has 0 amide bonds. The maximum absolute atomic E-state index is 12.9. The highest BCUT2D eigenvalue weighted by molar-refractivity contribution is 7.90. The first-order valence-corrected chi connectivity index (χ1v) is 7.15. The lowest BCUT2D eigenvalue weighted by Crippen LogP contribution is -2.39. The molecule has 0 radical (unpaired) electrons. The molecule has 1 aliphatic heterocycles. The molecule has 0 bridgehead atoms. The summed E-state index contributed by atoms with van der Waals surface area (Å²) in [4.78, 5) is 0. The minimum Gasteiger partial charge on any atom is -0.329 e. The van der Waals surface area contributed by atoms with E-state index in [-0.39, 0.29) is 12.6 Å². The monoisotopic (exact) mass is 273 g/mol. The van der Waals surface area contributed by atoms with Crippen molar-refractivity contribution in [3.63, 3.8) is 0 Å². The fraction of sp³-hybridized carbons (Fsp3) is 0.455. The number of nitrogens with zero attached hydrogens (tertiary/aromatic N) is 2. The Kier molecular flexibility index (Phi) is 3.56. The number of hydrogen-bond donors (Lipinski definition) is 1. The smallest absolute Gasteiger partial charge is 0.304 e. The molecule has 2 rings (SSSR count). The van der Waals surface area contributed by atoms with Crippen LogP contribution in [0.1, 0.15) is 6.92 Å². The molecule has 0 aromatic heterocycles. The molecule has 7 heteroatoms. The van der Waals surface area contributed by atoms with Crippen LogP contribution in [0.3, 0.4) is 0 Å². The number of halogens is 1. The van der Waals surface area contributed by atoms with Gasteiger partial charge >= 0.3 is 10.2 Å². The highest BCUT2D eigenvalue weighted by Crippen LogP contribution is 2.28. The lowest BCUT2D eigenvalue weighted by Gasteiger charge is -2.19. The Labute approximate surface area is 106 Å². The molecule has 1 atom stereocenters. The van der Waals surface area contributed by atoms with E-state index < -0.39 is 16.0 Å². The van der Waals surface area contributed by atoms with Gasteiger partial charge in [-0.2, -0.15) is 12.7 Å². The zero-order chi connectivity index (χ0) is 13.3. The van der Waals surface area contributed by atoms with Crippen LogP contribution in [-0.4, -0.2) is 38.4 Å². The largest absolute Gasteiger partial charge is 0.329 e. The van der Waals surface area contributed by atoms with Crippen LogP contribution < -0.4 is 10.0 Å². The van der Waals surface area contributed by atoms with E-state index in [9.17, 15) is 12.8 Å². The van der Waals surface area contributed by atoms with E-state index in [0.29, 0.717) is 18.8 Å². The van der Waals surface area contributed by atoms with Crippen LogP contribution in [0.25, 0.3) is 0 Å². The normalized spacial score (nSPS) is 23.5. The first-order valence-electron chi connectivity index (χ1n) is 5.75. The van der Waals surface area contributed by atoms with E-state index in [0.717, 1.165) is 0 Å². The number of benzene rings is 1. The average molecular weight is 273 g/mol. The first-order chi connectivity index (χ1) is 8.50. The lowest BCUT2D eigenvalue weighted by molar-refractivity contribution is 0.375. The van der Waals surface area contributed by atoms with Crippen LogP contribution in [0.2, 0.25) is 0 Å². The minimum absolute atomic E-state index is 0.231. The summed E-state index contributed by atoms with van der Waals surface area (Å²) in [6, 6.07) is 5.18. The van der Waals surface area contributed by atoms with Gasteiger partial charge in [-0.3, -0.25) is 4.31 Å². The standard InChI is InChI=1S/C11H16FN3O2S/c1-2-14-11(7-13)8-15(18(14,16)17)10-5-3-9(12)4-6-10/h3-6,11H,2,7-8,13H2,1H3. The molecular weight excluding hydrogens is 257 g/mol. The molecule has 1 aliphatic rings. The fourth-order valence-electron chi connectivity index (χ4n) is 2.15. The van der Waals surface area contributed by atoms with E-state index in [2.05, 4.69) is 0 Å². The molecule has 0 saturated carbocycles. The summed E-state index contributed by atoms with van der Waals surface area (Å²) in [7, 11) is -3.54. The predicted octanol–water partition coefficient (Wildman–Crippen LogP) is 0.540. The molecule has 18 heavy (non-hydrogen) atoms. The van der Waals surface area contributed by atoms with Gasteiger partial charge in [-0.25, -0.2) is 4.39 Å². The van der Waals surface area contributed by atoms with Gasteiger partial charge in [-0.05, 0) is 24.3 Å². The Morgan fingerprint density at radius 3 is 2.44 bits per heavy atom. The van der Waals surface area contributed by atoms with Crippen LogP contribution in [0.15, 0.2) is 24.3 Å². The van der Waals surface area contributed by atoms with Crippen molar-refractivity contribution < 1.29 is 12.8 Å².